The van der Waals surface area contributed by atoms with Crippen molar-refractivity contribution in [2.45, 2.75) is 52.6 Å². The maximum absolute atomic E-state index is 6.40. The highest BCUT2D eigenvalue weighted by molar-refractivity contribution is 7.10. The molecule has 2 nitrogen and oxygen atoms in total. The van der Waals surface area contributed by atoms with Gasteiger partial charge in [-0.2, -0.15) is 0 Å². The van der Waals surface area contributed by atoms with Crippen LogP contribution in [0.4, 0.5) is 0 Å². The lowest BCUT2D eigenvalue weighted by Crippen LogP contribution is -2.43. The molecule has 0 aliphatic carbocycles. The lowest BCUT2D eigenvalue weighted by molar-refractivity contribution is 0.179. The molecule has 20 heavy (non-hydrogen) atoms. The summed E-state index contributed by atoms with van der Waals surface area (Å²) in [5.41, 5.74) is 8.29. The second-order valence-corrected chi connectivity index (χ2v) is 7.74. The third-order valence-corrected chi connectivity index (χ3v) is 5.25. The zero-order valence-electron chi connectivity index (χ0n) is 13.2. The van der Waals surface area contributed by atoms with Crippen LogP contribution in [-0.4, -0.2) is 24.0 Å². The van der Waals surface area contributed by atoms with Gasteiger partial charge in [0.05, 0.1) is 6.04 Å². The van der Waals surface area contributed by atoms with Crippen LogP contribution >= 0.6 is 11.3 Å². The predicted molar refractivity (Wildman–Crippen MR) is 89.1 cm³/mol. The Morgan fingerprint density at radius 1 is 1.40 bits per heavy atom. The van der Waals surface area contributed by atoms with Crippen LogP contribution in [0.1, 0.15) is 51.5 Å². The molecule has 2 heterocycles. The first-order valence-corrected chi connectivity index (χ1v) is 8.54. The monoisotopic (exact) mass is 292 g/mol. The summed E-state index contributed by atoms with van der Waals surface area (Å²) >= 11 is 1.83. The van der Waals surface area contributed by atoms with Crippen LogP contribution in [0, 0.1) is 5.41 Å². The first-order valence-electron chi connectivity index (χ1n) is 7.66. The predicted octanol–water partition coefficient (Wildman–Crippen LogP) is 4.20. The third-order valence-electron chi connectivity index (χ3n) is 4.31. The van der Waals surface area contributed by atoms with E-state index in [1.54, 1.807) is 5.57 Å². The van der Waals surface area contributed by atoms with Gasteiger partial charge in [0.25, 0.3) is 0 Å². The van der Waals surface area contributed by atoms with Crippen LogP contribution < -0.4 is 5.73 Å². The van der Waals surface area contributed by atoms with Gasteiger partial charge >= 0.3 is 0 Å². The molecule has 0 fully saturated rings. The average Bonchev–Trinajstić information content (AvgIpc) is 2.92. The second-order valence-electron chi connectivity index (χ2n) is 6.76. The lowest BCUT2D eigenvalue weighted by atomic mass is 9.82. The van der Waals surface area contributed by atoms with Crippen molar-refractivity contribution in [3.8, 4) is 0 Å². The number of nitrogens with zero attached hydrogens (tertiary/aromatic N) is 1. The molecule has 0 radical (unpaired) electrons. The molecule has 2 atom stereocenters. The Hall–Kier alpha value is -0.640. The summed E-state index contributed by atoms with van der Waals surface area (Å²) in [7, 11) is 0. The fourth-order valence-corrected chi connectivity index (χ4v) is 3.90. The second kappa shape index (κ2) is 6.42. The van der Waals surface area contributed by atoms with Gasteiger partial charge in [0.2, 0.25) is 0 Å². The minimum absolute atomic E-state index is 0.221. The van der Waals surface area contributed by atoms with Gasteiger partial charge in [0.1, 0.15) is 0 Å². The Morgan fingerprint density at radius 2 is 2.15 bits per heavy atom. The largest absolute Gasteiger partial charge is 0.326 e. The fraction of sp³-hybridized carbons (Fsp3) is 0.647. The number of hydrogen-bond acceptors (Lipinski definition) is 3. The van der Waals surface area contributed by atoms with E-state index in [0.717, 1.165) is 19.5 Å². The number of rotatable bonds is 4. The van der Waals surface area contributed by atoms with Gasteiger partial charge in [-0.3, -0.25) is 4.90 Å². The summed E-state index contributed by atoms with van der Waals surface area (Å²) < 4.78 is 0. The van der Waals surface area contributed by atoms with Gasteiger partial charge in [-0.25, -0.2) is 0 Å². The number of thiophene rings is 1. The lowest BCUT2D eigenvalue weighted by Gasteiger charge is -2.38. The Morgan fingerprint density at radius 3 is 2.60 bits per heavy atom. The van der Waals surface area contributed by atoms with Gasteiger partial charge in [-0.05, 0) is 29.7 Å². The van der Waals surface area contributed by atoms with Crippen molar-refractivity contribution in [1.82, 2.24) is 4.90 Å². The minimum atomic E-state index is 0.221. The van der Waals surface area contributed by atoms with Gasteiger partial charge in [0.15, 0.2) is 0 Å². The highest BCUT2D eigenvalue weighted by atomic mass is 32.1. The highest BCUT2D eigenvalue weighted by Gasteiger charge is 2.29. The quantitative estimate of drug-likeness (QED) is 0.843. The summed E-state index contributed by atoms with van der Waals surface area (Å²) in [4.78, 5) is 3.96. The molecule has 1 aromatic heterocycles. The summed E-state index contributed by atoms with van der Waals surface area (Å²) in [5, 5.41) is 2.16. The minimum Gasteiger partial charge on any atom is -0.326 e. The van der Waals surface area contributed by atoms with Gasteiger partial charge < -0.3 is 5.73 Å². The topological polar surface area (TPSA) is 29.3 Å². The van der Waals surface area contributed by atoms with Crippen LogP contribution in [0.5, 0.6) is 0 Å². The van der Waals surface area contributed by atoms with E-state index in [1.807, 2.05) is 11.3 Å². The normalized spacial score (nSPS) is 20.6. The average molecular weight is 292 g/mol. The summed E-state index contributed by atoms with van der Waals surface area (Å²) in [6.07, 6.45) is 4.61. The SMILES string of the molecule is CCC(N)C(c1cccs1)N1CC=C(C(C)(C)C)CC1. The first-order chi connectivity index (χ1) is 9.43. The van der Waals surface area contributed by atoms with Crippen molar-refractivity contribution in [3.63, 3.8) is 0 Å². The molecule has 2 rings (SSSR count). The summed E-state index contributed by atoms with van der Waals surface area (Å²) in [6, 6.07) is 4.96. The van der Waals surface area contributed by atoms with Crippen molar-refractivity contribution in [2.24, 2.45) is 11.1 Å². The molecule has 0 spiro atoms. The molecular formula is C17H28N2S. The van der Waals surface area contributed by atoms with E-state index in [4.69, 9.17) is 5.73 Å². The molecule has 0 saturated heterocycles. The van der Waals surface area contributed by atoms with Gasteiger partial charge in [-0.15, -0.1) is 11.3 Å². The standard InChI is InChI=1S/C17H28N2S/c1-5-14(18)16(15-7-6-12-20-15)19-10-8-13(9-11-19)17(2,3)4/h6-8,12,14,16H,5,9-11,18H2,1-4H3. The Labute approximate surface area is 127 Å². The van der Waals surface area contributed by atoms with E-state index in [1.165, 1.54) is 11.3 Å². The molecule has 1 aliphatic heterocycles. The first kappa shape index (κ1) is 15.7. The molecule has 2 unspecified atom stereocenters. The van der Waals surface area contributed by atoms with Crippen LogP contribution in [0.2, 0.25) is 0 Å². The van der Waals surface area contributed by atoms with Crippen molar-refractivity contribution in [3.05, 3.63) is 34.0 Å². The number of hydrogen-bond donors (Lipinski definition) is 1. The van der Waals surface area contributed by atoms with Crippen LogP contribution in [0.3, 0.4) is 0 Å². The van der Waals surface area contributed by atoms with Crippen LogP contribution in [-0.2, 0) is 0 Å². The van der Waals surface area contributed by atoms with E-state index in [2.05, 4.69) is 56.2 Å². The van der Waals surface area contributed by atoms with E-state index in [-0.39, 0.29) is 6.04 Å². The van der Waals surface area contributed by atoms with Crippen molar-refractivity contribution >= 4 is 11.3 Å². The molecule has 1 aliphatic rings. The van der Waals surface area contributed by atoms with E-state index < -0.39 is 0 Å². The molecule has 0 aromatic carbocycles. The maximum atomic E-state index is 6.40. The van der Waals surface area contributed by atoms with Crippen LogP contribution in [0.15, 0.2) is 29.2 Å². The molecule has 1 aromatic rings. The van der Waals surface area contributed by atoms with Crippen molar-refractivity contribution in [1.29, 1.82) is 0 Å². The zero-order valence-corrected chi connectivity index (χ0v) is 14.0. The maximum Gasteiger partial charge on any atom is 0.0596 e. The van der Waals surface area contributed by atoms with Crippen molar-refractivity contribution in [2.75, 3.05) is 13.1 Å². The smallest absolute Gasteiger partial charge is 0.0596 e. The van der Waals surface area contributed by atoms with E-state index >= 15 is 0 Å². The Bertz CT molecular complexity index is 442. The third kappa shape index (κ3) is 3.51. The zero-order chi connectivity index (χ0) is 14.8. The summed E-state index contributed by atoms with van der Waals surface area (Å²) in [5.74, 6) is 0. The molecule has 0 saturated carbocycles. The molecule has 2 N–H and O–H groups in total. The molecular weight excluding hydrogens is 264 g/mol. The molecule has 112 valence electrons. The van der Waals surface area contributed by atoms with Gasteiger partial charge in [0, 0.05) is 24.0 Å². The van der Waals surface area contributed by atoms with Crippen molar-refractivity contribution < 1.29 is 0 Å². The molecule has 0 bridgehead atoms. The molecule has 0 amide bonds. The molecule has 3 heteroatoms. The van der Waals surface area contributed by atoms with E-state index in [0.29, 0.717) is 11.5 Å². The Balaban J connectivity index is 2.15. The highest BCUT2D eigenvalue weighted by Crippen LogP contribution is 2.35. The summed E-state index contributed by atoms with van der Waals surface area (Å²) in [6.45, 7) is 11.3. The number of nitrogens with two attached hydrogens (primary N) is 1. The fourth-order valence-electron chi connectivity index (χ4n) is 2.96. The van der Waals surface area contributed by atoms with Gasteiger partial charge in [-0.1, -0.05) is 45.4 Å². The van der Waals surface area contributed by atoms with E-state index in [9.17, 15) is 0 Å². The van der Waals surface area contributed by atoms with Crippen LogP contribution in [0.25, 0.3) is 0 Å². The Kier molecular flexibility index (Phi) is 5.05.